The fourth-order valence-corrected chi connectivity index (χ4v) is 9.41. The Hall–Kier alpha value is -4.61. The molecule has 0 bridgehead atoms. The lowest BCUT2D eigenvalue weighted by atomic mass is 9.82. The van der Waals surface area contributed by atoms with Crippen molar-refractivity contribution in [3.05, 3.63) is 71.8 Å². The average molecular weight is 803 g/mol. The lowest BCUT2D eigenvalue weighted by Gasteiger charge is -2.37. The standard InChI is InChI=1S/C30H45N3O4.C16H21NO4/c1-20-24-17-11-16-23(24)18-33(20)28(35)26(30(2,3)4)32-27(34)25(22-14-9-6-10-15-22)31-29(36)37-19-21-12-7-5-8-13-21;18-15(19)14(13-9-5-2-6-10-13)17-16(20)21-11-12-7-3-1-4-8-12/h5,7-8,12-13,20,22-26H,6,9-11,14-19H2,1-4H3,(H,31,36)(H,32,34);1,3-4,7-8,13-14H,2,5-6,9-11H2,(H,17,20)(H,18,19)/t20-,23+,24-,25+,26-;14-/m10/s1. The van der Waals surface area contributed by atoms with Gasteiger partial charge in [0.15, 0.2) is 0 Å². The molecule has 1 heterocycles. The minimum Gasteiger partial charge on any atom is -0.480 e. The second kappa shape index (κ2) is 21.4. The number of rotatable bonds is 12. The molecule has 1 aliphatic heterocycles. The zero-order valence-electron chi connectivity index (χ0n) is 35.0. The fraction of sp³-hybridized carbons (Fsp3) is 0.630. The number of carboxylic acids is 1. The Morgan fingerprint density at radius 1 is 0.672 bits per heavy atom. The highest BCUT2D eigenvalue weighted by atomic mass is 16.6. The molecule has 4 N–H and O–H groups in total. The molecular weight excluding hydrogens is 737 g/mol. The van der Waals surface area contributed by atoms with E-state index in [4.69, 9.17) is 9.47 Å². The molecule has 0 radical (unpaired) electrons. The van der Waals surface area contributed by atoms with Gasteiger partial charge in [0.05, 0.1) is 0 Å². The van der Waals surface area contributed by atoms with Crippen LogP contribution in [0, 0.1) is 29.1 Å². The van der Waals surface area contributed by atoms with E-state index in [-0.39, 0.29) is 42.9 Å². The molecule has 4 fully saturated rings. The van der Waals surface area contributed by atoms with Gasteiger partial charge in [-0.15, -0.1) is 0 Å². The third-order valence-corrected chi connectivity index (χ3v) is 12.7. The number of nitrogens with zero attached hydrogens (tertiary/aromatic N) is 1. The van der Waals surface area contributed by atoms with Crippen LogP contribution in [0.5, 0.6) is 0 Å². The Morgan fingerprint density at radius 2 is 1.16 bits per heavy atom. The van der Waals surface area contributed by atoms with Crippen molar-refractivity contribution >= 4 is 30.0 Å². The highest BCUT2D eigenvalue weighted by Crippen LogP contribution is 2.42. The molecule has 2 aromatic carbocycles. The van der Waals surface area contributed by atoms with Crippen LogP contribution in [0.2, 0.25) is 0 Å². The topological polar surface area (TPSA) is 163 Å². The van der Waals surface area contributed by atoms with Crippen molar-refractivity contribution in [1.29, 1.82) is 0 Å². The van der Waals surface area contributed by atoms with Crippen LogP contribution in [-0.2, 0) is 37.1 Å². The Balaban J connectivity index is 0.000000258. The molecule has 12 heteroatoms. The second-order valence-corrected chi connectivity index (χ2v) is 17.9. The lowest BCUT2D eigenvalue weighted by Crippen LogP contribution is -2.60. The summed E-state index contributed by atoms with van der Waals surface area (Å²) in [4.78, 5) is 65.5. The number of carbonyl (C=O) groups is 5. The van der Waals surface area contributed by atoms with Crippen LogP contribution in [0.15, 0.2) is 60.7 Å². The molecule has 1 saturated heterocycles. The first-order valence-corrected chi connectivity index (χ1v) is 21.6. The van der Waals surface area contributed by atoms with Crippen molar-refractivity contribution in [1.82, 2.24) is 20.9 Å². The molecule has 318 valence electrons. The highest BCUT2D eigenvalue weighted by molar-refractivity contribution is 5.92. The lowest BCUT2D eigenvalue weighted by molar-refractivity contribution is -0.141. The summed E-state index contributed by atoms with van der Waals surface area (Å²) in [7, 11) is 0. The van der Waals surface area contributed by atoms with E-state index in [1.807, 2.05) is 86.3 Å². The van der Waals surface area contributed by atoms with Crippen molar-refractivity contribution in [3.63, 3.8) is 0 Å². The van der Waals surface area contributed by atoms with Crippen molar-refractivity contribution in [2.45, 2.75) is 149 Å². The number of carbonyl (C=O) groups excluding carboxylic acids is 4. The summed E-state index contributed by atoms with van der Waals surface area (Å²) in [5.41, 5.74) is 1.30. The molecule has 2 aromatic rings. The third kappa shape index (κ3) is 12.7. The van der Waals surface area contributed by atoms with Crippen LogP contribution >= 0.6 is 0 Å². The summed E-state index contributed by atoms with van der Waals surface area (Å²) < 4.78 is 10.5. The Kier molecular flexibility index (Phi) is 16.4. The third-order valence-electron chi connectivity index (χ3n) is 12.7. The van der Waals surface area contributed by atoms with Gasteiger partial charge in [-0.05, 0) is 85.7 Å². The second-order valence-electron chi connectivity index (χ2n) is 17.9. The summed E-state index contributed by atoms with van der Waals surface area (Å²) in [6.45, 7) is 9.21. The highest BCUT2D eigenvalue weighted by Gasteiger charge is 2.47. The molecule has 6 rings (SSSR count). The van der Waals surface area contributed by atoms with E-state index < -0.39 is 41.7 Å². The maximum atomic E-state index is 13.8. The van der Waals surface area contributed by atoms with Gasteiger partial charge in [-0.3, -0.25) is 9.59 Å². The van der Waals surface area contributed by atoms with Gasteiger partial charge < -0.3 is 35.4 Å². The van der Waals surface area contributed by atoms with E-state index in [1.165, 1.54) is 19.3 Å². The van der Waals surface area contributed by atoms with Crippen LogP contribution in [0.4, 0.5) is 9.59 Å². The Morgan fingerprint density at radius 3 is 1.62 bits per heavy atom. The van der Waals surface area contributed by atoms with Gasteiger partial charge in [0, 0.05) is 12.6 Å². The number of hydrogen-bond donors (Lipinski definition) is 4. The van der Waals surface area contributed by atoms with E-state index in [0.29, 0.717) is 11.8 Å². The summed E-state index contributed by atoms with van der Waals surface area (Å²) in [5, 5.41) is 17.7. The number of aliphatic carboxylic acids is 1. The van der Waals surface area contributed by atoms with Crippen LogP contribution in [0.1, 0.15) is 122 Å². The number of amides is 4. The Bertz CT molecular complexity index is 1640. The number of fused-ring (bicyclic) bond motifs is 1. The minimum atomic E-state index is -0.987. The predicted molar refractivity (Wildman–Crippen MR) is 221 cm³/mol. The van der Waals surface area contributed by atoms with Crippen LogP contribution in [-0.4, -0.2) is 70.7 Å². The summed E-state index contributed by atoms with van der Waals surface area (Å²) in [6.07, 6.45) is 12.2. The largest absolute Gasteiger partial charge is 0.480 e. The molecular formula is C46H66N4O8. The smallest absolute Gasteiger partial charge is 0.408 e. The van der Waals surface area contributed by atoms with Crippen molar-refractivity contribution < 1.29 is 38.6 Å². The van der Waals surface area contributed by atoms with Gasteiger partial charge in [0.1, 0.15) is 31.3 Å². The number of alkyl carbamates (subject to hydrolysis) is 2. The minimum absolute atomic E-state index is 0.000486. The van der Waals surface area contributed by atoms with E-state index in [1.54, 1.807) is 0 Å². The van der Waals surface area contributed by atoms with Crippen molar-refractivity contribution in [3.8, 4) is 0 Å². The monoisotopic (exact) mass is 802 g/mol. The molecule has 12 nitrogen and oxygen atoms in total. The van der Waals surface area contributed by atoms with Crippen LogP contribution in [0.25, 0.3) is 0 Å². The van der Waals surface area contributed by atoms with Gasteiger partial charge in [0.25, 0.3) is 0 Å². The number of hydrogen-bond acceptors (Lipinski definition) is 7. The van der Waals surface area contributed by atoms with Gasteiger partial charge in [-0.2, -0.15) is 0 Å². The quantitative estimate of drug-likeness (QED) is 0.168. The van der Waals surface area contributed by atoms with Crippen molar-refractivity contribution in [2.75, 3.05) is 6.54 Å². The fourth-order valence-electron chi connectivity index (χ4n) is 9.41. The van der Waals surface area contributed by atoms with Gasteiger partial charge in [-0.1, -0.05) is 126 Å². The maximum absolute atomic E-state index is 13.8. The zero-order chi connectivity index (χ0) is 41.7. The zero-order valence-corrected chi connectivity index (χ0v) is 35.0. The summed E-state index contributed by atoms with van der Waals surface area (Å²) in [6, 6.07) is 16.8. The Labute approximate surface area is 344 Å². The number of likely N-dealkylation sites (tertiary alicyclic amines) is 1. The van der Waals surface area contributed by atoms with Gasteiger partial charge in [-0.25, -0.2) is 14.4 Å². The molecule has 4 amide bonds. The van der Waals surface area contributed by atoms with Crippen LogP contribution in [0.3, 0.4) is 0 Å². The van der Waals surface area contributed by atoms with Gasteiger partial charge >= 0.3 is 18.2 Å². The summed E-state index contributed by atoms with van der Waals surface area (Å²) in [5.74, 6) is -0.110. The molecule has 58 heavy (non-hydrogen) atoms. The molecule has 0 unspecified atom stereocenters. The summed E-state index contributed by atoms with van der Waals surface area (Å²) >= 11 is 0. The molecule has 4 aliphatic rings. The van der Waals surface area contributed by atoms with E-state index in [2.05, 4.69) is 22.9 Å². The van der Waals surface area contributed by atoms with E-state index in [9.17, 15) is 29.1 Å². The number of nitrogens with one attached hydrogen (secondary N) is 3. The SMILES string of the molecule is C[C@@H]1[C@H]2CCC[C@H]2CN1C(=O)[C@@H](NC(=O)[C@@H](NC(=O)OCc1ccccc1)C1CCCCC1)C(C)(C)C.O=C(N[C@H](C(=O)O)C1CCCCC1)OCc1ccccc1. The molecule has 0 spiro atoms. The predicted octanol–water partition coefficient (Wildman–Crippen LogP) is 7.99. The van der Waals surface area contributed by atoms with Gasteiger partial charge in [0.2, 0.25) is 11.8 Å². The van der Waals surface area contributed by atoms with Crippen LogP contribution < -0.4 is 16.0 Å². The maximum Gasteiger partial charge on any atom is 0.408 e. The first-order valence-electron chi connectivity index (χ1n) is 21.6. The average Bonchev–Trinajstić information content (AvgIpc) is 3.82. The molecule has 6 atom stereocenters. The molecule has 3 aliphatic carbocycles. The number of ether oxygens (including phenoxy) is 2. The van der Waals surface area contributed by atoms with E-state index >= 15 is 0 Å². The number of carboxylic acid groups (broad SMARTS) is 1. The van der Waals surface area contributed by atoms with Crippen molar-refractivity contribution in [2.24, 2.45) is 29.1 Å². The number of benzene rings is 2. The first-order chi connectivity index (χ1) is 27.8. The van der Waals surface area contributed by atoms with E-state index in [0.717, 1.165) is 81.9 Å². The molecule has 0 aromatic heterocycles. The molecule has 3 saturated carbocycles. The first kappa shape index (κ1) is 44.5. The normalized spacial score (nSPS) is 22.6.